The maximum atomic E-state index is 2.62. The average molecular weight is 394 g/mol. The lowest BCUT2D eigenvalue weighted by atomic mass is 9.64. The molecule has 0 N–H and O–H groups in total. The molecule has 0 aromatic heterocycles. The highest BCUT2D eigenvalue weighted by atomic mass is 15.2. The van der Waals surface area contributed by atoms with Gasteiger partial charge in [-0.3, -0.25) is 4.90 Å². The minimum atomic E-state index is 0.364. The Balaban J connectivity index is 0.000000280. The van der Waals surface area contributed by atoms with Crippen LogP contribution in [-0.2, 0) is 0 Å². The Hall–Kier alpha value is -0.0400. The van der Waals surface area contributed by atoms with Crippen LogP contribution in [0.4, 0.5) is 0 Å². The number of rotatable bonds is 0. The maximum absolute atomic E-state index is 2.62. The van der Waals surface area contributed by atoms with Crippen LogP contribution in [0, 0.1) is 34.0 Å². The van der Waals surface area contributed by atoms with Gasteiger partial charge in [-0.25, -0.2) is 0 Å². The van der Waals surface area contributed by atoms with Gasteiger partial charge in [0.1, 0.15) is 0 Å². The largest absolute Gasteiger partial charge is 0.298 e. The van der Waals surface area contributed by atoms with E-state index in [0.29, 0.717) is 21.8 Å². The zero-order valence-corrected chi connectivity index (χ0v) is 21.8. The molecule has 168 valence electrons. The van der Waals surface area contributed by atoms with Crippen LogP contribution in [0.3, 0.4) is 0 Å². The van der Waals surface area contributed by atoms with E-state index in [2.05, 4.69) is 88.0 Å². The first kappa shape index (κ1) is 26.0. The van der Waals surface area contributed by atoms with Crippen molar-refractivity contribution >= 4 is 0 Å². The fourth-order valence-electron chi connectivity index (χ4n) is 5.24. The van der Waals surface area contributed by atoms with Crippen molar-refractivity contribution < 1.29 is 0 Å². The third kappa shape index (κ3) is 8.37. The van der Waals surface area contributed by atoms with Crippen LogP contribution in [0.2, 0.25) is 0 Å². The number of likely N-dealkylation sites (tertiary alicyclic amines) is 1. The van der Waals surface area contributed by atoms with Gasteiger partial charge in [0, 0.05) is 5.54 Å². The molecule has 0 amide bonds. The highest BCUT2D eigenvalue weighted by molar-refractivity contribution is 4.86. The Kier molecular flexibility index (Phi) is 8.73. The van der Waals surface area contributed by atoms with E-state index in [1.165, 1.54) is 51.6 Å². The second kappa shape index (κ2) is 9.40. The SMILES string of the molecule is CC(C)(C)C1CCC(C(C)(C)C)CC1.CC(C)(C)C1CCN(C(C)(C)C)CC1. The normalized spacial score (nSPS) is 26.6. The van der Waals surface area contributed by atoms with Gasteiger partial charge in [-0.05, 0) is 106 Å². The number of hydrogen-bond donors (Lipinski definition) is 0. The summed E-state index contributed by atoms with van der Waals surface area (Å²) in [5, 5.41) is 0. The highest BCUT2D eigenvalue weighted by Gasteiger charge is 2.34. The van der Waals surface area contributed by atoms with Gasteiger partial charge in [0.15, 0.2) is 0 Å². The molecule has 28 heavy (non-hydrogen) atoms. The van der Waals surface area contributed by atoms with Gasteiger partial charge < -0.3 is 0 Å². The van der Waals surface area contributed by atoms with Crippen molar-refractivity contribution in [2.45, 2.75) is 127 Å². The molecule has 1 aliphatic carbocycles. The van der Waals surface area contributed by atoms with Gasteiger partial charge in [0.05, 0.1) is 0 Å². The Morgan fingerprint density at radius 2 is 0.679 bits per heavy atom. The van der Waals surface area contributed by atoms with Crippen molar-refractivity contribution in [3.63, 3.8) is 0 Å². The first-order chi connectivity index (χ1) is 12.4. The third-order valence-corrected chi connectivity index (χ3v) is 7.85. The smallest absolute Gasteiger partial charge is 0.0125 e. The first-order valence-corrected chi connectivity index (χ1v) is 12.2. The number of nitrogens with zero attached hydrogens (tertiary/aromatic N) is 1. The van der Waals surface area contributed by atoms with E-state index in [1.54, 1.807) is 0 Å². The van der Waals surface area contributed by atoms with Gasteiger partial charge in [-0.2, -0.15) is 0 Å². The molecule has 0 bridgehead atoms. The van der Waals surface area contributed by atoms with Crippen molar-refractivity contribution in [1.29, 1.82) is 0 Å². The summed E-state index contributed by atoms with van der Waals surface area (Å²) >= 11 is 0. The van der Waals surface area contributed by atoms with E-state index in [-0.39, 0.29) is 0 Å². The maximum Gasteiger partial charge on any atom is 0.0125 e. The molecule has 0 spiro atoms. The first-order valence-electron chi connectivity index (χ1n) is 12.2. The van der Waals surface area contributed by atoms with Crippen LogP contribution < -0.4 is 0 Å². The monoisotopic (exact) mass is 393 g/mol. The Morgan fingerprint density at radius 1 is 0.429 bits per heavy atom. The molecular formula is C27H55N. The number of hydrogen-bond acceptors (Lipinski definition) is 1. The van der Waals surface area contributed by atoms with Crippen molar-refractivity contribution in [3.05, 3.63) is 0 Å². The van der Waals surface area contributed by atoms with Crippen molar-refractivity contribution in [1.82, 2.24) is 4.90 Å². The van der Waals surface area contributed by atoms with Crippen LogP contribution in [0.5, 0.6) is 0 Å². The van der Waals surface area contributed by atoms with Crippen molar-refractivity contribution in [2.75, 3.05) is 13.1 Å². The third-order valence-electron chi connectivity index (χ3n) is 7.85. The van der Waals surface area contributed by atoms with Crippen molar-refractivity contribution in [3.8, 4) is 0 Å². The summed E-state index contributed by atoms with van der Waals surface area (Å²) in [4.78, 5) is 2.62. The summed E-state index contributed by atoms with van der Waals surface area (Å²) in [6.07, 6.45) is 8.55. The van der Waals surface area contributed by atoms with Gasteiger partial charge in [0.25, 0.3) is 0 Å². The molecule has 2 aliphatic rings. The molecule has 0 radical (unpaired) electrons. The van der Waals surface area contributed by atoms with E-state index in [9.17, 15) is 0 Å². The molecular weight excluding hydrogens is 338 g/mol. The summed E-state index contributed by atoms with van der Waals surface area (Å²) < 4.78 is 0. The zero-order valence-electron chi connectivity index (χ0n) is 21.8. The van der Waals surface area contributed by atoms with Crippen LogP contribution in [0.1, 0.15) is 122 Å². The molecule has 1 saturated carbocycles. The zero-order chi connectivity index (χ0) is 22.0. The molecule has 2 fully saturated rings. The average Bonchev–Trinajstić information content (AvgIpc) is 2.52. The lowest BCUT2D eigenvalue weighted by Gasteiger charge is -2.44. The van der Waals surface area contributed by atoms with Crippen LogP contribution in [0.25, 0.3) is 0 Å². The Bertz CT molecular complexity index is 345. The Labute approximate surface area is 179 Å². The molecule has 1 heterocycles. The minimum absolute atomic E-state index is 0.364. The minimum Gasteiger partial charge on any atom is -0.298 e. The van der Waals surface area contributed by atoms with E-state index in [0.717, 1.165) is 17.8 Å². The summed E-state index contributed by atoms with van der Waals surface area (Å²) in [6, 6.07) is 0. The Morgan fingerprint density at radius 3 is 0.893 bits per heavy atom. The molecule has 0 unspecified atom stereocenters. The molecule has 0 atom stereocenters. The second-order valence-electron chi connectivity index (χ2n) is 14.1. The molecule has 0 aromatic carbocycles. The second-order valence-corrected chi connectivity index (χ2v) is 14.1. The number of piperidine rings is 1. The van der Waals surface area contributed by atoms with Crippen molar-refractivity contribution in [2.24, 2.45) is 34.0 Å². The summed E-state index contributed by atoms with van der Waals surface area (Å²) in [6.45, 7) is 31.1. The summed E-state index contributed by atoms with van der Waals surface area (Å²) in [5.74, 6) is 2.84. The van der Waals surface area contributed by atoms with Gasteiger partial charge in [0.2, 0.25) is 0 Å². The molecule has 1 heteroatoms. The summed E-state index contributed by atoms with van der Waals surface area (Å²) in [7, 11) is 0. The standard InChI is InChI=1S/C14H28.C13H27N/c1-13(2,3)11-7-9-12(10-8-11)14(4,5)6;1-12(2,3)11-7-9-14(10-8-11)13(4,5)6/h11-12H,7-10H2,1-6H3;11H,7-10H2,1-6H3. The molecule has 1 saturated heterocycles. The fourth-order valence-corrected chi connectivity index (χ4v) is 5.24. The van der Waals surface area contributed by atoms with E-state index < -0.39 is 0 Å². The topological polar surface area (TPSA) is 3.24 Å². The molecule has 1 nitrogen and oxygen atoms in total. The van der Waals surface area contributed by atoms with Gasteiger partial charge in [-0.15, -0.1) is 0 Å². The van der Waals surface area contributed by atoms with Crippen LogP contribution in [0.15, 0.2) is 0 Å². The molecule has 1 aliphatic heterocycles. The van der Waals surface area contributed by atoms with Crippen LogP contribution in [-0.4, -0.2) is 23.5 Å². The fraction of sp³-hybridized carbons (Fsp3) is 1.00. The van der Waals surface area contributed by atoms with Gasteiger partial charge >= 0.3 is 0 Å². The quantitative estimate of drug-likeness (QED) is 0.399. The van der Waals surface area contributed by atoms with Gasteiger partial charge in [-0.1, -0.05) is 62.3 Å². The lowest BCUT2D eigenvalue weighted by molar-refractivity contribution is 0.0532. The highest BCUT2D eigenvalue weighted by Crippen LogP contribution is 2.45. The van der Waals surface area contributed by atoms with E-state index in [1.807, 2.05) is 0 Å². The van der Waals surface area contributed by atoms with E-state index >= 15 is 0 Å². The molecule has 2 rings (SSSR count). The van der Waals surface area contributed by atoms with Crippen LogP contribution >= 0.6 is 0 Å². The molecule has 0 aromatic rings. The predicted octanol–water partition coefficient (Wildman–Crippen LogP) is 8.43. The van der Waals surface area contributed by atoms with E-state index in [4.69, 9.17) is 0 Å². The lowest BCUT2D eigenvalue weighted by Crippen LogP contribution is -2.47. The summed E-state index contributed by atoms with van der Waals surface area (Å²) in [5.41, 5.74) is 1.93. The predicted molar refractivity (Wildman–Crippen MR) is 128 cm³/mol.